The third-order valence-corrected chi connectivity index (χ3v) is 6.44. The molecule has 0 saturated heterocycles. The first-order valence-electron chi connectivity index (χ1n) is 10.6. The van der Waals surface area contributed by atoms with Gasteiger partial charge >= 0.3 is 5.97 Å². The van der Waals surface area contributed by atoms with Gasteiger partial charge in [-0.2, -0.15) is 0 Å². The summed E-state index contributed by atoms with van der Waals surface area (Å²) in [5.41, 5.74) is 2.21. The van der Waals surface area contributed by atoms with E-state index in [1.807, 2.05) is 12.1 Å². The van der Waals surface area contributed by atoms with Crippen molar-refractivity contribution in [1.82, 2.24) is 0 Å². The van der Waals surface area contributed by atoms with Crippen molar-refractivity contribution in [2.24, 2.45) is 11.8 Å². The summed E-state index contributed by atoms with van der Waals surface area (Å²) < 4.78 is 4.64. The fourth-order valence-electron chi connectivity index (χ4n) is 4.40. The van der Waals surface area contributed by atoms with Gasteiger partial charge in [-0.25, -0.2) is 0 Å². The molecule has 0 aliphatic heterocycles. The first-order chi connectivity index (χ1) is 13.6. The SMILES string of the molecule is COC(=O)CCC/C=C\C[C@H]1C(=O)CC[C@@H]1c1ccc(C(O)C2CCC2)cc1. The zero-order valence-electron chi connectivity index (χ0n) is 16.8. The Morgan fingerprint density at radius 3 is 2.61 bits per heavy atom. The number of esters is 1. The lowest BCUT2D eigenvalue weighted by Crippen LogP contribution is -2.20. The van der Waals surface area contributed by atoms with Gasteiger partial charge in [-0.15, -0.1) is 0 Å². The molecular formula is C24H32O4. The maximum atomic E-state index is 12.4. The standard InChI is InChI=1S/C24H32O4/c1-28-23(26)10-5-3-2-4-9-21-20(15-16-22(21)25)17-11-13-19(14-12-17)24(27)18-7-6-8-18/h2,4,11-14,18,20-21,24,27H,3,5-10,15-16H2,1H3/b4-2-/t20-,21-,24?/m1/s1. The van der Waals surface area contributed by atoms with Gasteiger partial charge in [-0.1, -0.05) is 42.8 Å². The molecule has 4 heteroatoms. The number of hydrogen-bond donors (Lipinski definition) is 1. The average Bonchev–Trinajstić information content (AvgIpc) is 3.03. The molecule has 2 aliphatic rings. The fraction of sp³-hybridized carbons (Fsp3) is 0.583. The van der Waals surface area contributed by atoms with Crippen molar-refractivity contribution < 1.29 is 19.4 Å². The molecule has 0 radical (unpaired) electrons. The predicted octanol–water partition coefficient (Wildman–Crippen LogP) is 4.87. The maximum Gasteiger partial charge on any atom is 0.305 e. The Bertz CT molecular complexity index is 687. The zero-order chi connectivity index (χ0) is 19.9. The number of unbranched alkanes of at least 4 members (excludes halogenated alkanes) is 1. The number of aliphatic hydroxyl groups is 1. The van der Waals surface area contributed by atoms with Crippen LogP contribution in [0.3, 0.4) is 0 Å². The molecular weight excluding hydrogens is 352 g/mol. The summed E-state index contributed by atoms with van der Waals surface area (Å²) in [6.45, 7) is 0. The molecule has 2 saturated carbocycles. The molecule has 1 unspecified atom stereocenters. The molecule has 1 aromatic rings. The third kappa shape index (κ3) is 5.11. The maximum absolute atomic E-state index is 12.4. The van der Waals surface area contributed by atoms with E-state index in [0.29, 0.717) is 24.5 Å². The lowest BCUT2D eigenvalue weighted by Gasteiger charge is -2.30. The summed E-state index contributed by atoms with van der Waals surface area (Å²) in [5.74, 6) is 0.894. The van der Waals surface area contributed by atoms with Crippen molar-refractivity contribution in [1.29, 1.82) is 0 Å². The molecule has 28 heavy (non-hydrogen) atoms. The number of hydrogen-bond acceptors (Lipinski definition) is 4. The van der Waals surface area contributed by atoms with Crippen LogP contribution in [0.2, 0.25) is 0 Å². The summed E-state index contributed by atoms with van der Waals surface area (Å²) in [4.78, 5) is 23.5. The molecule has 0 amide bonds. The number of carbonyl (C=O) groups excluding carboxylic acids is 2. The molecule has 1 N–H and O–H groups in total. The summed E-state index contributed by atoms with van der Waals surface area (Å²) >= 11 is 0. The molecule has 0 bridgehead atoms. The number of benzene rings is 1. The number of allylic oxidation sites excluding steroid dienone is 2. The van der Waals surface area contributed by atoms with Gasteiger partial charge in [0.15, 0.2) is 0 Å². The van der Waals surface area contributed by atoms with Crippen molar-refractivity contribution in [3.05, 3.63) is 47.5 Å². The molecule has 2 aliphatic carbocycles. The number of methoxy groups -OCH3 is 1. The van der Waals surface area contributed by atoms with Crippen molar-refractivity contribution in [2.75, 3.05) is 7.11 Å². The molecule has 0 heterocycles. The highest BCUT2D eigenvalue weighted by molar-refractivity contribution is 5.84. The topological polar surface area (TPSA) is 63.6 Å². The van der Waals surface area contributed by atoms with Crippen LogP contribution in [0.5, 0.6) is 0 Å². The van der Waals surface area contributed by atoms with Crippen molar-refractivity contribution >= 4 is 11.8 Å². The highest BCUT2D eigenvalue weighted by atomic mass is 16.5. The Labute approximate surface area is 168 Å². The molecule has 3 rings (SSSR count). The van der Waals surface area contributed by atoms with E-state index in [1.165, 1.54) is 19.1 Å². The minimum absolute atomic E-state index is 0.0410. The fourth-order valence-corrected chi connectivity index (χ4v) is 4.40. The van der Waals surface area contributed by atoms with E-state index in [4.69, 9.17) is 0 Å². The number of carbonyl (C=O) groups is 2. The van der Waals surface area contributed by atoms with E-state index in [2.05, 4.69) is 29.0 Å². The monoisotopic (exact) mass is 384 g/mol. The van der Waals surface area contributed by atoms with Crippen molar-refractivity contribution in [2.45, 2.75) is 69.8 Å². The van der Waals surface area contributed by atoms with E-state index in [-0.39, 0.29) is 23.9 Å². The zero-order valence-corrected chi connectivity index (χ0v) is 16.8. The quantitative estimate of drug-likeness (QED) is 0.375. The van der Waals surface area contributed by atoms with Gasteiger partial charge in [0.1, 0.15) is 5.78 Å². The normalized spacial score (nSPS) is 23.7. The summed E-state index contributed by atoms with van der Waals surface area (Å²) in [7, 11) is 1.41. The second-order valence-corrected chi connectivity index (χ2v) is 8.20. The minimum atomic E-state index is -0.350. The third-order valence-electron chi connectivity index (χ3n) is 6.44. The van der Waals surface area contributed by atoms with Crippen molar-refractivity contribution in [3.63, 3.8) is 0 Å². The van der Waals surface area contributed by atoms with Gasteiger partial charge in [0, 0.05) is 18.8 Å². The second-order valence-electron chi connectivity index (χ2n) is 8.20. The molecule has 4 nitrogen and oxygen atoms in total. The molecule has 3 atom stereocenters. The van der Waals surface area contributed by atoms with E-state index in [0.717, 1.165) is 44.1 Å². The molecule has 0 aromatic heterocycles. The number of rotatable bonds is 9. The molecule has 1 aromatic carbocycles. The van der Waals surface area contributed by atoms with E-state index in [1.54, 1.807) is 0 Å². The van der Waals surface area contributed by atoms with Crippen LogP contribution in [0.15, 0.2) is 36.4 Å². The van der Waals surface area contributed by atoms with Gasteiger partial charge in [0.25, 0.3) is 0 Å². The second kappa shape index (κ2) is 10.0. The van der Waals surface area contributed by atoms with Crippen molar-refractivity contribution in [3.8, 4) is 0 Å². The van der Waals surface area contributed by atoms with Crippen LogP contribution in [-0.4, -0.2) is 24.0 Å². The number of aliphatic hydroxyl groups excluding tert-OH is 1. The van der Waals surface area contributed by atoms with Crippen LogP contribution < -0.4 is 0 Å². The average molecular weight is 385 g/mol. The molecule has 2 fully saturated rings. The number of ketones is 1. The van der Waals surface area contributed by atoms with Gasteiger partial charge in [-0.05, 0) is 61.5 Å². The van der Waals surface area contributed by atoms with Crippen LogP contribution in [0.1, 0.15) is 80.9 Å². The van der Waals surface area contributed by atoms with Gasteiger partial charge in [-0.3, -0.25) is 9.59 Å². The number of Topliss-reactive ketones (excluding diaryl/α,β-unsaturated/α-hetero) is 1. The minimum Gasteiger partial charge on any atom is -0.469 e. The lowest BCUT2D eigenvalue weighted by molar-refractivity contribution is -0.140. The lowest BCUT2D eigenvalue weighted by atomic mass is 9.78. The first-order valence-corrected chi connectivity index (χ1v) is 10.6. The predicted molar refractivity (Wildman–Crippen MR) is 109 cm³/mol. The van der Waals surface area contributed by atoms with Gasteiger partial charge in [0.05, 0.1) is 13.2 Å². The van der Waals surface area contributed by atoms with E-state index in [9.17, 15) is 14.7 Å². The van der Waals surface area contributed by atoms with Crippen LogP contribution >= 0.6 is 0 Å². The smallest absolute Gasteiger partial charge is 0.305 e. The number of ether oxygens (including phenoxy) is 1. The van der Waals surface area contributed by atoms with Gasteiger partial charge < -0.3 is 9.84 Å². The van der Waals surface area contributed by atoms with Crippen LogP contribution in [0.4, 0.5) is 0 Å². The van der Waals surface area contributed by atoms with E-state index >= 15 is 0 Å². The Kier molecular flexibility index (Phi) is 7.43. The highest BCUT2D eigenvalue weighted by Gasteiger charge is 2.34. The summed E-state index contributed by atoms with van der Waals surface area (Å²) in [5, 5.41) is 10.4. The van der Waals surface area contributed by atoms with Crippen LogP contribution in [0.25, 0.3) is 0 Å². The first kappa shape index (κ1) is 20.8. The Balaban J connectivity index is 1.53. The molecule has 0 spiro atoms. The van der Waals surface area contributed by atoms with Crippen LogP contribution in [0, 0.1) is 11.8 Å². The molecule has 152 valence electrons. The van der Waals surface area contributed by atoms with Crippen LogP contribution in [-0.2, 0) is 14.3 Å². The highest BCUT2D eigenvalue weighted by Crippen LogP contribution is 2.41. The van der Waals surface area contributed by atoms with E-state index < -0.39 is 0 Å². The van der Waals surface area contributed by atoms with Gasteiger partial charge in [0.2, 0.25) is 0 Å². The Hall–Kier alpha value is -1.94. The Morgan fingerprint density at radius 1 is 1.21 bits per heavy atom. The summed E-state index contributed by atoms with van der Waals surface area (Å²) in [6, 6.07) is 8.29. The largest absolute Gasteiger partial charge is 0.469 e. The Morgan fingerprint density at radius 2 is 1.96 bits per heavy atom. The summed E-state index contributed by atoms with van der Waals surface area (Å²) in [6.07, 6.45) is 11.6.